The van der Waals surface area contributed by atoms with Crippen LogP contribution >= 0.6 is 0 Å². The standard InChI is InChI=1S/C24H27FN4O/c1-2-29-14-13-28(17-23-26-11-12-27-23)16-20(24(29)30)15-18-7-9-19(10-8-18)21-5-3-4-6-22(21)25/h3-12,20H,2,13-17H2,1H3,(H,26,27)/t20-/m0/s1. The van der Waals surface area contributed by atoms with Crippen molar-refractivity contribution in [3.05, 3.63) is 78.1 Å². The number of hydrogen-bond acceptors (Lipinski definition) is 3. The molecule has 1 N–H and O–H groups in total. The van der Waals surface area contributed by atoms with Gasteiger partial charge in [0, 0.05) is 44.1 Å². The number of nitrogens with zero attached hydrogens (tertiary/aromatic N) is 3. The van der Waals surface area contributed by atoms with Crippen LogP contribution in [0, 0.1) is 11.7 Å². The van der Waals surface area contributed by atoms with Crippen molar-refractivity contribution < 1.29 is 9.18 Å². The highest BCUT2D eigenvalue weighted by Gasteiger charge is 2.30. The van der Waals surface area contributed by atoms with Gasteiger partial charge in [-0.3, -0.25) is 9.69 Å². The van der Waals surface area contributed by atoms with Crippen LogP contribution in [0.1, 0.15) is 18.3 Å². The second kappa shape index (κ2) is 9.22. The Morgan fingerprint density at radius 2 is 1.93 bits per heavy atom. The zero-order valence-electron chi connectivity index (χ0n) is 17.2. The number of aromatic nitrogens is 2. The van der Waals surface area contributed by atoms with Gasteiger partial charge in [-0.05, 0) is 30.5 Å². The minimum atomic E-state index is -0.226. The van der Waals surface area contributed by atoms with Crippen molar-refractivity contribution in [3.63, 3.8) is 0 Å². The summed E-state index contributed by atoms with van der Waals surface area (Å²) in [4.78, 5) is 24.8. The van der Waals surface area contributed by atoms with Gasteiger partial charge in [-0.25, -0.2) is 9.37 Å². The van der Waals surface area contributed by atoms with Crippen molar-refractivity contribution in [1.82, 2.24) is 19.8 Å². The Kier molecular flexibility index (Phi) is 6.23. The van der Waals surface area contributed by atoms with Crippen molar-refractivity contribution in [2.45, 2.75) is 19.9 Å². The van der Waals surface area contributed by atoms with Gasteiger partial charge >= 0.3 is 0 Å². The van der Waals surface area contributed by atoms with E-state index in [1.54, 1.807) is 18.3 Å². The molecule has 0 radical (unpaired) electrons. The molecule has 3 aromatic rings. The van der Waals surface area contributed by atoms with Gasteiger partial charge in [0.1, 0.15) is 11.6 Å². The van der Waals surface area contributed by atoms with Crippen LogP contribution in [0.2, 0.25) is 0 Å². The summed E-state index contributed by atoms with van der Waals surface area (Å²) in [7, 11) is 0. The number of amides is 1. The molecule has 1 saturated heterocycles. The van der Waals surface area contributed by atoms with Gasteiger partial charge in [0.05, 0.1) is 12.5 Å². The molecule has 1 atom stereocenters. The molecule has 156 valence electrons. The largest absolute Gasteiger partial charge is 0.348 e. The van der Waals surface area contributed by atoms with E-state index in [2.05, 4.69) is 14.9 Å². The van der Waals surface area contributed by atoms with Gasteiger partial charge in [-0.15, -0.1) is 0 Å². The van der Waals surface area contributed by atoms with Crippen molar-refractivity contribution in [2.24, 2.45) is 5.92 Å². The van der Waals surface area contributed by atoms with Gasteiger partial charge in [0.15, 0.2) is 0 Å². The molecule has 30 heavy (non-hydrogen) atoms. The summed E-state index contributed by atoms with van der Waals surface area (Å²) in [5, 5.41) is 0. The summed E-state index contributed by atoms with van der Waals surface area (Å²) in [5.41, 5.74) is 2.53. The second-order valence-electron chi connectivity index (χ2n) is 7.77. The molecule has 1 aliphatic rings. The number of carbonyl (C=O) groups is 1. The average molecular weight is 407 g/mol. The topological polar surface area (TPSA) is 52.2 Å². The molecule has 1 aromatic heterocycles. The van der Waals surface area contributed by atoms with Crippen LogP contribution in [0.3, 0.4) is 0 Å². The average Bonchev–Trinajstić information content (AvgIpc) is 3.22. The SMILES string of the molecule is CCN1CCN(Cc2ncc[nH]2)C[C@H](Cc2ccc(-c3ccccc3F)cc2)C1=O. The summed E-state index contributed by atoms with van der Waals surface area (Å²) in [6, 6.07) is 14.7. The maximum absolute atomic E-state index is 14.1. The summed E-state index contributed by atoms with van der Waals surface area (Å²) in [5.74, 6) is 0.788. The second-order valence-corrected chi connectivity index (χ2v) is 7.77. The number of H-pyrrole nitrogens is 1. The molecule has 0 unspecified atom stereocenters. The van der Waals surface area contributed by atoms with E-state index >= 15 is 0 Å². The van der Waals surface area contributed by atoms with Gasteiger partial charge in [0.2, 0.25) is 5.91 Å². The Morgan fingerprint density at radius 1 is 1.13 bits per heavy atom. The van der Waals surface area contributed by atoms with Crippen LogP contribution < -0.4 is 0 Å². The highest BCUT2D eigenvalue weighted by molar-refractivity contribution is 5.79. The number of halogens is 1. The third kappa shape index (κ3) is 4.60. The Labute approximate surface area is 176 Å². The normalized spacial score (nSPS) is 17.9. The third-order valence-electron chi connectivity index (χ3n) is 5.76. The van der Waals surface area contributed by atoms with Gasteiger partial charge in [0.25, 0.3) is 0 Å². The molecule has 0 spiro atoms. The molecule has 0 bridgehead atoms. The van der Waals surface area contributed by atoms with E-state index in [0.717, 1.165) is 36.6 Å². The van der Waals surface area contributed by atoms with Crippen molar-refractivity contribution >= 4 is 5.91 Å². The smallest absolute Gasteiger partial charge is 0.227 e. The molecule has 1 aliphatic heterocycles. The molecule has 0 aliphatic carbocycles. The number of aromatic amines is 1. The van der Waals surface area contributed by atoms with Crippen LogP contribution in [0.25, 0.3) is 11.1 Å². The molecular weight excluding hydrogens is 379 g/mol. The van der Waals surface area contributed by atoms with E-state index in [0.29, 0.717) is 25.1 Å². The highest BCUT2D eigenvalue weighted by atomic mass is 19.1. The van der Waals surface area contributed by atoms with Gasteiger partial charge < -0.3 is 9.88 Å². The minimum absolute atomic E-state index is 0.110. The van der Waals surface area contributed by atoms with E-state index in [1.165, 1.54) is 6.07 Å². The quantitative estimate of drug-likeness (QED) is 0.679. The summed E-state index contributed by atoms with van der Waals surface area (Å²) >= 11 is 0. The van der Waals surface area contributed by atoms with Crippen LogP contribution in [0.5, 0.6) is 0 Å². The zero-order chi connectivity index (χ0) is 20.9. The first-order valence-electron chi connectivity index (χ1n) is 10.5. The maximum atomic E-state index is 14.1. The fraction of sp³-hybridized carbons (Fsp3) is 0.333. The van der Waals surface area contributed by atoms with Crippen LogP contribution in [-0.4, -0.2) is 51.9 Å². The van der Waals surface area contributed by atoms with E-state index in [4.69, 9.17) is 0 Å². The van der Waals surface area contributed by atoms with Crippen molar-refractivity contribution in [1.29, 1.82) is 0 Å². The van der Waals surface area contributed by atoms with Gasteiger partial charge in [-0.2, -0.15) is 0 Å². The van der Waals surface area contributed by atoms with Crippen LogP contribution in [0.15, 0.2) is 60.9 Å². The molecule has 4 rings (SSSR count). The Balaban J connectivity index is 1.50. The number of rotatable bonds is 6. The first-order chi connectivity index (χ1) is 14.6. The lowest BCUT2D eigenvalue weighted by Gasteiger charge is -2.23. The Bertz CT molecular complexity index is 971. The highest BCUT2D eigenvalue weighted by Crippen LogP contribution is 2.24. The summed E-state index contributed by atoms with van der Waals surface area (Å²) < 4.78 is 14.1. The van der Waals surface area contributed by atoms with E-state index in [9.17, 15) is 9.18 Å². The molecule has 1 fully saturated rings. The molecule has 1 amide bonds. The number of likely N-dealkylation sites (N-methyl/N-ethyl adjacent to an activating group) is 1. The third-order valence-corrected chi connectivity index (χ3v) is 5.76. The fourth-order valence-electron chi connectivity index (χ4n) is 4.12. The van der Waals surface area contributed by atoms with Crippen molar-refractivity contribution in [2.75, 3.05) is 26.2 Å². The molecule has 2 heterocycles. The molecule has 0 saturated carbocycles. The number of benzene rings is 2. The van der Waals surface area contributed by atoms with E-state index in [1.807, 2.05) is 48.4 Å². The monoisotopic (exact) mass is 406 g/mol. The summed E-state index contributed by atoms with van der Waals surface area (Å²) in [6.45, 7) is 5.73. The van der Waals surface area contributed by atoms with Crippen molar-refractivity contribution in [3.8, 4) is 11.1 Å². The fourth-order valence-corrected chi connectivity index (χ4v) is 4.12. The van der Waals surface area contributed by atoms with Crippen LogP contribution in [-0.2, 0) is 17.8 Å². The van der Waals surface area contributed by atoms with Crippen LogP contribution in [0.4, 0.5) is 4.39 Å². The number of imidazole rings is 1. The Hall–Kier alpha value is -2.99. The first-order valence-corrected chi connectivity index (χ1v) is 10.5. The van der Waals surface area contributed by atoms with Gasteiger partial charge in [-0.1, -0.05) is 42.5 Å². The first kappa shape index (κ1) is 20.3. The lowest BCUT2D eigenvalue weighted by atomic mass is 9.95. The van der Waals surface area contributed by atoms with E-state index in [-0.39, 0.29) is 17.6 Å². The lowest BCUT2D eigenvalue weighted by Crippen LogP contribution is -2.37. The summed E-state index contributed by atoms with van der Waals surface area (Å²) in [6.07, 6.45) is 4.25. The lowest BCUT2D eigenvalue weighted by molar-refractivity contribution is -0.134. The molecular formula is C24H27FN4O. The predicted octanol–water partition coefficient (Wildman–Crippen LogP) is 3.74. The van der Waals surface area contributed by atoms with E-state index < -0.39 is 0 Å². The zero-order valence-corrected chi connectivity index (χ0v) is 17.2. The minimum Gasteiger partial charge on any atom is -0.348 e. The number of carbonyl (C=O) groups excluding carboxylic acids is 1. The number of hydrogen-bond donors (Lipinski definition) is 1. The molecule has 5 nitrogen and oxygen atoms in total. The predicted molar refractivity (Wildman–Crippen MR) is 115 cm³/mol. The molecule has 6 heteroatoms. The maximum Gasteiger partial charge on any atom is 0.227 e. The Morgan fingerprint density at radius 3 is 2.63 bits per heavy atom. The number of nitrogens with one attached hydrogen (secondary N) is 1. The molecule has 2 aromatic carbocycles.